The Bertz CT molecular complexity index is 1140. The number of hydrogen-bond donors (Lipinski definition) is 3. The number of anilines is 2. The zero-order valence-electron chi connectivity index (χ0n) is 21.1. The summed E-state index contributed by atoms with van der Waals surface area (Å²) < 4.78 is 16.9. The minimum atomic E-state index is -1.76. The first-order valence-corrected chi connectivity index (χ1v) is 11.6. The average Bonchev–Trinajstić information content (AvgIpc) is 2.88. The van der Waals surface area contributed by atoms with Gasteiger partial charge in [-0.25, -0.2) is 0 Å². The van der Waals surface area contributed by atoms with Gasteiger partial charge in [0, 0.05) is 32.3 Å². The van der Waals surface area contributed by atoms with Crippen molar-refractivity contribution in [3.63, 3.8) is 0 Å². The van der Waals surface area contributed by atoms with Gasteiger partial charge in [0.25, 0.3) is 11.8 Å². The first-order valence-electron chi connectivity index (χ1n) is 11.6. The van der Waals surface area contributed by atoms with Crippen LogP contribution in [0, 0.1) is 11.3 Å². The van der Waals surface area contributed by atoms with Gasteiger partial charge in [0.15, 0.2) is 12.2 Å². The second-order valence-electron chi connectivity index (χ2n) is 8.93. The van der Waals surface area contributed by atoms with E-state index in [1.807, 2.05) is 19.9 Å². The molecule has 37 heavy (non-hydrogen) atoms. The summed E-state index contributed by atoms with van der Waals surface area (Å²) in [5.41, 5.74) is 7.12. The molecule has 1 saturated heterocycles. The van der Waals surface area contributed by atoms with Crippen LogP contribution in [0.1, 0.15) is 31.4 Å². The van der Waals surface area contributed by atoms with Crippen molar-refractivity contribution in [2.24, 2.45) is 5.73 Å². The van der Waals surface area contributed by atoms with E-state index >= 15 is 0 Å². The summed E-state index contributed by atoms with van der Waals surface area (Å²) in [6, 6.07) is 13.7. The summed E-state index contributed by atoms with van der Waals surface area (Å²) in [5.74, 6) is -0.863. The van der Waals surface area contributed by atoms with E-state index in [2.05, 4.69) is 5.32 Å². The second-order valence-corrected chi connectivity index (χ2v) is 8.93. The molecule has 200 valence electrons. The molecule has 0 radical (unpaired) electrons. The van der Waals surface area contributed by atoms with Crippen LogP contribution in [-0.4, -0.2) is 61.6 Å². The Balaban J connectivity index is 0.00000481. The molecular formula is C26H33ClN4O6. The van der Waals surface area contributed by atoms with Crippen molar-refractivity contribution in [3.05, 3.63) is 53.6 Å². The number of nitrogens with zero attached hydrogens (tertiary/aromatic N) is 2. The van der Waals surface area contributed by atoms with Crippen LogP contribution in [0.3, 0.4) is 0 Å². The van der Waals surface area contributed by atoms with E-state index in [1.54, 1.807) is 37.4 Å². The summed E-state index contributed by atoms with van der Waals surface area (Å²) in [6.07, 6.45) is -2.52. The fourth-order valence-electron chi connectivity index (χ4n) is 3.69. The Morgan fingerprint density at radius 2 is 2.08 bits per heavy atom. The van der Waals surface area contributed by atoms with Gasteiger partial charge in [-0.05, 0) is 49.7 Å². The lowest BCUT2D eigenvalue weighted by molar-refractivity contribution is -0.150. The Morgan fingerprint density at radius 1 is 1.35 bits per heavy atom. The number of aliphatic hydroxyl groups is 1. The highest BCUT2D eigenvalue weighted by Gasteiger charge is 2.40. The number of nitriles is 1. The first-order chi connectivity index (χ1) is 17.2. The molecule has 0 aromatic heterocycles. The highest BCUT2D eigenvalue weighted by Crippen LogP contribution is 2.31. The minimum absolute atomic E-state index is 0. The molecule has 3 rings (SSSR count). The van der Waals surface area contributed by atoms with Crippen molar-refractivity contribution < 1.29 is 28.9 Å². The van der Waals surface area contributed by atoms with Gasteiger partial charge in [-0.15, -0.1) is 12.4 Å². The molecule has 10 nitrogen and oxygen atoms in total. The van der Waals surface area contributed by atoms with Crippen molar-refractivity contribution in [1.82, 2.24) is 0 Å². The van der Waals surface area contributed by atoms with Crippen LogP contribution in [0.5, 0.6) is 5.75 Å². The number of hydrogen-bond acceptors (Lipinski definition) is 8. The van der Waals surface area contributed by atoms with Crippen LogP contribution >= 0.6 is 12.4 Å². The van der Waals surface area contributed by atoms with E-state index in [9.17, 15) is 14.7 Å². The quantitative estimate of drug-likeness (QED) is 0.422. The Kier molecular flexibility index (Phi) is 10.9. The minimum Gasteiger partial charge on any atom is -0.491 e. The van der Waals surface area contributed by atoms with E-state index in [4.69, 9.17) is 25.2 Å². The van der Waals surface area contributed by atoms with Gasteiger partial charge in [-0.2, -0.15) is 5.26 Å². The van der Waals surface area contributed by atoms with E-state index in [0.29, 0.717) is 41.3 Å². The number of aliphatic hydroxyl groups excluding tert-OH is 1. The molecule has 0 spiro atoms. The molecule has 0 aliphatic carbocycles. The van der Waals surface area contributed by atoms with Crippen LogP contribution in [-0.2, 0) is 25.6 Å². The van der Waals surface area contributed by atoms with E-state index in [0.717, 1.165) is 0 Å². The van der Waals surface area contributed by atoms with E-state index < -0.39 is 24.0 Å². The number of rotatable bonds is 10. The molecule has 2 aromatic rings. The number of benzene rings is 2. The average molecular weight is 533 g/mol. The molecule has 2 amide bonds. The van der Waals surface area contributed by atoms with Crippen LogP contribution in [0.4, 0.5) is 11.4 Å². The number of nitrogens with one attached hydrogen (secondary N) is 1. The fraction of sp³-hybridized carbons (Fsp3) is 0.423. The number of methoxy groups -OCH3 is 1. The Labute approximate surface area is 222 Å². The summed E-state index contributed by atoms with van der Waals surface area (Å²) >= 11 is 0. The van der Waals surface area contributed by atoms with Crippen molar-refractivity contribution in [1.29, 1.82) is 5.26 Å². The maximum absolute atomic E-state index is 13.3. The van der Waals surface area contributed by atoms with Gasteiger partial charge in [0.1, 0.15) is 5.75 Å². The van der Waals surface area contributed by atoms with Crippen LogP contribution in [0.15, 0.2) is 42.5 Å². The van der Waals surface area contributed by atoms with Crippen molar-refractivity contribution in [2.45, 2.75) is 44.6 Å². The van der Waals surface area contributed by atoms with Gasteiger partial charge in [-0.3, -0.25) is 9.59 Å². The second kappa shape index (κ2) is 13.4. The summed E-state index contributed by atoms with van der Waals surface area (Å²) in [7, 11) is 1.64. The molecule has 2 atom stereocenters. The fourth-order valence-corrected chi connectivity index (χ4v) is 3.69. The molecule has 0 bridgehead atoms. The largest absolute Gasteiger partial charge is 0.491 e. The molecule has 1 heterocycles. The highest BCUT2D eigenvalue weighted by atomic mass is 35.5. The molecular weight excluding hydrogens is 500 g/mol. The SMILES string of the molecule is COC(C)(C)CCOc1ccccc1N1CCO[C@H]([C@@H](O)C(=O)Nc2ccc(C#N)c(CN)c2)C1=O.Cl. The number of carbonyl (C=O) groups is 2. The number of amides is 2. The van der Waals surface area contributed by atoms with Gasteiger partial charge < -0.3 is 35.3 Å². The number of para-hydroxylation sites is 2. The molecule has 1 aliphatic heterocycles. The maximum atomic E-state index is 13.3. The lowest BCUT2D eigenvalue weighted by Gasteiger charge is -2.35. The molecule has 0 saturated carbocycles. The standard InChI is InChI=1S/C26H32N4O6.ClH/c1-26(2,34-3)10-12-35-21-7-5-4-6-20(21)30-11-13-36-23(25(30)33)22(31)24(32)29-19-9-8-17(15-27)18(14-19)16-28;/h4-9,14,22-23,31H,10-13,16,28H2,1-3H3,(H,29,32);1H/t22-,23-;/m1./s1. The molecule has 2 aromatic carbocycles. The normalized spacial score (nSPS) is 16.4. The molecule has 1 aliphatic rings. The summed E-state index contributed by atoms with van der Waals surface area (Å²) in [4.78, 5) is 27.5. The van der Waals surface area contributed by atoms with Crippen LogP contribution in [0.25, 0.3) is 0 Å². The Morgan fingerprint density at radius 3 is 2.76 bits per heavy atom. The lowest BCUT2D eigenvalue weighted by Crippen LogP contribution is -2.55. The van der Waals surface area contributed by atoms with E-state index in [1.165, 1.54) is 17.0 Å². The van der Waals surface area contributed by atoms with Gasteiger partial charge >= 0.3 is 0 Å². The smallest absolute Gasteiger partial charge is 0.259 e. The van der Waals surface area contributed by atoms with Crippen molar-refractivity contribution >= 4 is 35.6 Å². The number of morpholine rings is 1. The molecule has 11 heteroatoms. The van der Waals surface area contributed by atoms with Crippen molar-refractivity contribution in [3.8, 4) is 11.8 Å². The third-order valence-electron chi connectivity index (χ3n) is 6.06. The zero-order valence-corrected chi connectivity index (χ0v) is 21.9. The van der Waals surface area contributed by atoms with Gasteiger partial charge in [0.05, 0.1) is 36.1 Å². The first kappa shape index (κ1) is 30.0. The van der Waals surface area contributed by atoms with Gasteiger partial charge in [0.2, 0.25) is 0 Å². The maximum Gasteiger partial charge on any atom is 0.259 e. The van der Waals surface area contributed by atoms with Crippen LogP contribution < -0.4 is 20.7 Å². The third kappa shape index (κ3) is 7.41. The molecule has 0 unspecified atom stereocenters. The lowest BCUT2D eigenvalue weighted by atomic mass is 10.1. The predicted octanol–water partition coefficient (Wildman–Crippen LogP) is 2.36. The summed E-state index contributed by atoms with van der Waals surface area (Å²) in [5, 5.41) is 22.4. The highest BCUT2D eigenvalue weighted by molar-refractivity contribution is 6.04. The zero-order chi connectivity index (χ0) is 26.3. The van der Waals surface area contributed by atoms with Crippen LogP contribution in [0.2, 0.25) is 0 Å². The molecule has 4 N–H and O–H groups in total. The third-order valence-corrected chi connectivity index (χ3v) is 6.06. The van der Waals surface area contributed by atoms with E-state index in [-0.39, 0.29) is 37.7 Å². The predicted molar refractivity (Wildman–Crippen MR) is 141 cm³/mol. The van der Waals surface area contributed by atoms with Gasteiger partial charge in [-0.1, -0.05) is 12.1 Å². The number of ether oxygens (including phenoxy) is 3. The Hall–Kier alpha value is -3.20. The molecule has 1 fully saturated rings. The summed E-state index contributed by atoms with van der Waals surface area (Å²) in [6.45, 7) is 4.76. The number of halogens is 1. The number of nitrogens with two attached hydrogens (primary N) is 1. The van der Waals surface area contributed by atoms with Crippen molar-refractivity contribution in [2.75, 3.05) is 37.1 Å². The monoisotopic (exact) mass is 532 g/mol. The number of carbonyl (C=O) groups excluding carboxylic acids is 2. The topological polar surface area (TPSA) is 147 Å².